The maximum atomic E-state index is 13.8. The third-order valence-electron chi connectivity index (χ3n) is 6.13. The van der Waals surface area contributed by atoms with Gasteiger partial charge in [0.1, 0.15) is 0 Å². The molecular weight excluding hydrogens is 485 g/mol. The van der Waals surface area contributed by atoms with E-state index in [1.165, 1.54) is 25.4 Å². The highest BCUT2D eigenvalue weighted by atomic mass is 19.4. The van der Waals surface area contributed by atoms with E-state index in [1.807, 2.05) is 6.07 Å². The number of hydrogen-bond acceptors (Lipinski definition) is 6. The summed E-state index contributed by atoms with van der Waals surface area (Å²) in [6.07, 6.45) is -0.316. The summed E-state index contributed by atoms with van der Waals surface area (Å²) in [5.74, 6) is -0.970. The average Bonchev–Trinajstić information content (AvgIpc) is 2.91. The van der Waals surface area contributed by atoms with E-state index >= 15 is 0 Å². The van der Waals surface area contributed by atoms with E-state index in [4.69, 9.17) is 4.74 Å². The van der Waals surface area contributed by atoms with Gasteiger partial charge in [0.25, 0.3) is 5.91 Å². The van der Waals surface area contributed by atoms with E-state index in [-0.39, 0.29) is 11.4 Å². The van der Waals surface area contributed by atoms with Crippen LogP contribution in [0.25, 0.3) is 0 Å². The molecule has 0 aliphatic carbocycles. The standard InChI is InChI=1S/C27H27F3N4O3/c1-37-26(36)21-14-19(16-32-17-21)6-5-18-3-2-4-20(13-18)25(35)33-22-7-8-24(23(15-22)27(28,29)30)34-11-9-31-10-12-34/h2-4,7-8,13-17,31H,5-6,9-12H2,1H3,(H,33,35). The van der Waals surface area contributed by atoms with Crippen LogP contribution in [0.3, 0.4) is 0 Å². The van der Waals surface area contributed by atoms with Crippen molar-refractivity contribution in [3.05, 3.63) is 88.7 Å². The largest absolute Gasteiger partial charge is 0.465 e. The Kier molecular flexibility index (Phi) is 8.08. The van der Waals surface area contributed by atoms with Crippen LogP contribution in [0.5, 0.6) is 0 Å². The first kappa shape index (κ1) is 26.2. The van der Waals surface area contributed by atoms with Gasteiger partial charge in [0.05, 0.1) is 18.2 Å². The number of aryl methyl sites for hydroxylation is 2. The number of pyridine rings is 1. The van der Waals surface area contributed by atoms with Gasteiger partial charge in [-0.25, -0.2) is 4.79 Å². The number of piperazine rings is 1. The molecule has 2 heterocycles. The summed E-state index contributed by atoms with van der Waals surface area (Å²) < 4.78 is 46.2. The molecule has 10 heteroatoms. The van der Waals surface area contributed by atoms with Crippen LogP contribution in [-0.2, 0) is 23.8 Å². The zero-order chi connectivity index (χ0) is 26.4. The van der Waals surface area contributed by atoms with Gasteiger partial charge in [-0.1, -0.05) is 12.1 Å². The van der Waals surface area contributed by atoms with Gasteiger partial charge in [-0.15, -0.1) is 0 Å². The van der Waals surface area contributed by atoms with Crippen molar-refractivity contribution in [1.82, 2.24) is 10.3 Å². The molecule has 37 heavy (non-hydrogen) atoms. The van der Waals surface area contributed by atoms with Gasteiger partial charge < -0.3 is 20.3 Å². The highest BCUT2D eigenvalue weighted by Gasteiger charge is 2.35. The first-order valence-corrected chi connectivity index (χ1v) is 11.8. The number of esters is 1. The monoisotopic (exact) mass is 512 g/mol. The minimum Gasteiger partial charge on any atom is -0.465 e. The second-order valence-corrected chi connectivity index (χ2v) is 8.69. The van der Waals surface area contributed by atoms with Crippen molar-refractivity contribution in [2.45, 2.75) is 19.0 Å². The van der Waals surface area contributed by atoms with E-state index in [0.29, 0.717) is 50.1 Å². The number of ether oxygens (including phenoxy) is 1. The van der Waals surface area contributed by atoms with Crippen molar-refractivity contribution < 1.29 is 27.5 Å². The normalized spacial score (nSPS) is 13.8. The summed E-state index contributed by atoms with van der Waals surface area (Å²) in [5, 5.41) is 5.73. The molecule has 0 unspecified atom stereocenters. The number of alkyl halides is 3. The average molecular weight is 513 g/mol. The van der Waals surface area contributed by atoms with Crippen LogP contribution in [0.1, 0.15) is 37.4 Å². The molecule has 7 nitrogen and oxygen atoms in total. The van der Waals surface area contributed by atoms with Crippen LogP contribution >= 0.6 is 0 Å². The number of nitrogens with zero attached hydrogens (tertiary/aromatic N) is 2. The number of hydrogen-bond donors (Lipinski definition) is 2. The smallest absolute Gasteiger partial charge is 0.418 e. The Morgan fingerprint density at radius 3 is 2.46 bits per heavy atom. The Hall–Kier alpha value is -3.92. The van der Waals surface area contributed by atoms with Gasteiger partial charge in [-0.3, -0.25) is 9.78 Å². The lowest BCUT2D eigenvalue weighted by atomic mass is 10.0. The van der Waals surface area contributed by atoms with Crippen LogP contribution in [0.15, 0.2) is 60.9 Å². The first-order valence-electron chi connectivity index (χ1n) is 11.8. The van der Waals surface area contributed by atoms with Gasteiger partial charge in [0, 0.05) is 55.5 Å². The molecule has 2 N–H and O–H groups in total. The van der Waals surface area contributed by atoms with E-state index in [0.717, 1.165) is 17.2 Å². The van der Waals surface area contributed by atoms with Crippen molar-refractivity contribution in [2.24, 2.45) is 0 Å². The Morgan fingerprint density at radius 2 is 1.73 bits per heavy atom. The summed E-state index contributed by atoms with van der Waals surface area (Å²) in [5.41, 5.74) is 1.80. The third-order valence-corrected chi connectivity index (χ3v) is 6.13. The number of carbonyl (C=O) groups excluding carboxylic acids is 2. The van der Waals surface area contributed by atoms with Crippen LogP contribution in [0.4, 0.5) is 24.5 Å². The zero-order valence-corrected chi connectivity index (χ0v) is 20.3. The lowest BCUT2D eigenvalue weighted by Crippen LogP contribution is -2.44. The molecule has 1 amide bonds. The van der Waals surface area contributed by atoms with Gasteiger partial charge in [-0.2, -0.15) is 13.2 Å². The number of nitrogens with one attached hydrogen (secondary N) is 2. The Labute approximate surface area is 212 Å². The molecular formula is C27H27F3N4O3. The molecule has 194 valence electrons. The first-order chi connectivity index (χ1) is 17.7. The predicted octanol–water partition coefficient (Wildman–Crippen LogP) is 4.33. The summed E-state index contributed by atoms with van der Waals surface area (Å²) in [6.45, 7) is 2.17. The molecule has 0 saturated carbocycles. The lowest BCUT2D eigenvalue weighted by Gasteiger charge is -2.31. The number of amides is 1. The van der Waals surface area contributed by atoms with Crippen molar-refractivity contribution in [3.8, 4) is 0 Å². The Morgan fingerprint density at radius 1 is 1.00 bits per heavy atom. The molecule has 1 saturated heterocycles. The Balaban J connectivity index is 1.46. The fourth-order valence-electron chi connectivity index (χ4n) is 4.24. The number of anilines is 2. The maximum Gasteiger partial charge on any atom is 0.418 e. The van der Waals surface area contributed by atoms with Crippen molar-refractivity contribution in [3.63, 3.8) is 0 Å². The Bertz CT molecular complexity index is 1270. The third kappa shape index (κ3) is 6.65. The number of carbonyl (C=O) groups is 2. The van der Waals surface area contributed by atoms with Gasteiger partial charge in [0.15, 0.2) is 0 Å². The zero-order valence-electron chi connectivity index (χ0n) is 20.3. The molecule has 2 aromatic carbocycles. The molecule has 3 aromatic rings. The van der Waals surface area contributed by atoms with E-state index in [2.05, 4.69) is 15.6 Å². The fraction of sp³-hybridized carbons (Fsp3) is 0.296. The molecule has 1 aromatic heterocycles. The number of benzene rings is 2. The molecule has 0 radical (unpaired) electrons. The maximum absolute atomic E-state index is 13.8. The summed E-state index contributed by atoms with van der Waals surface area (Å²) >= 11 is 0. The molecule has 1 aliphatic heterocycles. The van der Waals surface area contributed by atoms with Gasteiger partial charge in [0.2, 0.25) is 0 Å². The number of aromatic nitrogens is 1. The molecule has 0 atom stereocenters. The van der Waals surface area contributed by atoms with E-state index in [1.54, 1.807) is 35.4 Å². The van der Waals surface area contributed by atoms with Crippen LogP contribution in [-0.4, -0.2) is 50.1 Å². The van der Waals surface area contributed by atoms with Crippen LogP contribution in [0, 0.1) is 0 Å². The highest BCUT2D eigenvalue weighted by Crippen LogP contribution is 2.38. The van der Waals surface area contributed by atoms with Crippen LogP contribution < -0.4 is 15.5 Å². The van der Waals surface area contributed by atoms with E-state index < -0.39 is 23.6 Å². The molecule has 0 spiro atoms. The van der Waals surface area contributed by atoms with Crippen LogP contribution in [0.2, 0.25) is 0 Å². The van der Waals surface area contributed by atoms with Crippen molar-refractivity contribution in [2.75, 3.05) is 43.5 Å². The minimum absolute atomic E-state index is 0.0762. The molecule has 4 rings (SSSR count). The second-order valence-electron chi connectivity index (χ2n) is 8.69. The minimum atomic E-state index is -4.55. The summed E-state index contributed by atoms with van der Waals surface area (Å²) in [4.78, 5) is 30.3. The summed E-state index contributed by atoms with van der Waals surface area (Å²) in [7, 11) is 1.30. The second kappa shape index (κ2) is 11.4. The van der Waals surface area contributed by atoms with Gasteiger partial charge >= 0.3 is 12.1 Å². The highest BCUT2D eigenvalue weighted by molar-refractivity contribution is 6.04. The lowest BCUT2D eigenvalue weighted by molar-refractivity contribution is -0.137. The fourth-order valence-corrected chi connectivity index (χ4v) is 4.24. The quantitative estimate of drug-likeness (QED) is 0.459. The topological polar surface area (TPSA) is 83.6 Å². The molecule has 0 bridgehead atoms. The van der Waals surface area contributed by atoms with Gasteiger partial charge in [-0.05, 0) is 60.4 Å². The van der Waals surface area contributed by atoms with Crippen molar-refractivity contribution in [1.29, 1.82) is 0 Å². The van der Waals surface area contributed by atoms with Crippen molar-refractivity contribution >= 4 is 23.3 Å². The SMILES string of the molecule is COC(=O)c1cncc(CCc2cccc(C(=O)Nc3ccc(N4CCNCC4)c(C(F)(F)F)c3)c2)c1. The molecule has 1 fully saturated rings. The number of methoxy groups -OCH3 is 1. The number of rotatable bonds is 7. The molecule has 1 aliphatic rings. The summed E-state index contributed by atoms with van der Waals surface area (Å²) in [6, 6.07) is 12.5. The predicted molar refractivity (Wildman–Crippen MR) is 134 cm³/mol. The number of halogens is 3. The van der Waals surface area contributed by atoms with E-state index in [9.17, 15) is 22.8 Å².